The van der Waals surface area contributed by atoms with E-state index in [-0.39, 0.29) is 30.6 Å². The van der Waals surface area contributed by atoms with Crippen molar-refractivity contribution in [3.05, 3.63) is 77.0 Å². The van der Waals surface area contributed by atoms with Crippen LogP contribution in [0.5, 0.6) is 5.75 Å². The molecule has 1 atom stereocenters. The first-order valence-corrected chi connectivity index (χ1v) is 12.5. The summed E-state index contributed by atoms with van der Waals surface area (Å²) >= 11 is 0. The van der Waals surface area contributed by atoms with E-state index < -0.39 is 5.92 Å². The summed E-state index contributed by atoms with van der Waals surface area (Å²) in [7, 11) is 5.00. The largest absolute Gasteiger partial charge is 0.497 e. The smallest absolute Gasteiger partial charge is 0.251 e. The van der Waals surface area contributed by atoms with Gasteiger partial charge in [-0.2, -0.15) is 0 Å². The molecule has 1 N–H and O–H groups in total. The number of nitrogens with zero attached hydrogens (tertiary/aromatic N) is 2. The summed E-state index contributed by atoms with van der Waals surface area (Å²) in [5.41, 5.74) is 3.43. The molecule has 0 radical (unpaired) electrons. The summed E-state index contributed by atoms with van der Waals surface area (Å²) < 4.78 is 5.22. The van der Waals surface area contributed by atoms with E-state index in [9.17, 15) is 14.4 Å². The molecule has 3 amide bonds. The average molecular weight is 492 g/mol. The zero-order valence-electron chi connectivity index (χ0n) is 21.8. The molecule has 0 saturated heterocycles. The molecule has 2 aromatic rings. The van der Waals surface area contributed by atoms with Gasteiger partial charge in [-0.1, -0.05) is 42.5 Å². The molecule has 192 valence electrons. The van der Waals surface area contributed by atoms with Gasteiger partial charge in [0.1, 0.15) is 5.75 Å². The van der Waals surface area contributed by atoms with Crippen molar-refractivity contribution >= 4 is 17.7 Å². The van der Waals surface area contributed by atoms with Crippen molar-refractivity contribution in [1.29, 1.82) is 0 Å². The Labute approximate surface area is 214 Å². The Morgan fingerprint density at radius 3 is 2.36 bits per heavy atom. The van der Waals surface area contributed by atoms with Gasteiger partial charge in [0.25, 0.3) is 5.91 Å². The fourth-order valence-corrected chi connectivity index (χ4v) is 4.43. The van der Waals surface area contributed by atoms with Crippen LogP contribution in [-0.2, 0) is 27.3 Å². The number of ether oxygens (including phenoxy) is 1. The van der Waals surface area contributed by atoms with E-state index in [4.69, 9.17) is 4.74 Å². The Balaban J connectivity index is 1.63. The average Bonchev–Trinajstić information content (AvgIpc) is 2.88. The van der Waals surface area contributed by atoms with Gasteiger partial charge in [-0.25, -0.2) is 0 Å². The number of allylic oxidation sites excluding steroid dienone is 1. The number of methoxy groups -OCH3 is 1. The number of nitrogens with one attached hydrogen (secondary N) is 1. The van der Waals surface area contributed by atoms with Crippen molar-refractivity contribution in [2.45, 2.75) is 45.6 Å². The Morgan fingerprint density at radius 2 is 1.72 bits per heavy atom. The van der Waals surface area contributed by atoms with Crippen LogP contribution in [0.4, 0.5) is 0 Å². The van der Waals surface area contributed by atoms with Gasteiger partial charge in [0.15, 0.2) is 0 Å². The fourth-order valence-electron chi connectivity index (χ4n) is 4.43. The molecule has 36 heavy (non-hydrogen) atoms. The molecule has 1 aliphatic rings. The molecule has 7 heteroatoms. The van der Waals surface area contributed by atoms with Crippen LogP contribution in [0, 0.1) is 5.92 Å². The predicted molar refractivity (Wildman–Crippen MR) is 140 cm³/mol. The lowest BCUT2D eigenvalue weighted by Crippen LogP contribution is -2.43. The van der Waals surface area contributed by atoms with E-state index in [0.29, 0.717) is 24.4 Å². The third kappa shape index (κ3) is 7.20. The minimum atomic E-state index is -0.574. The maximum Gasteiger partial charge on any atom is 0.251 e. The number of amides is 3. The molecular weight excluding hydrogens is 454 g/mol. The third-order valence-corrected chi connectivity index (χ3v) is 6.56. The van der Waals surface area contributed by atoms with Crippen molar-refractivity contribution in [1.82, 2.24) is 15.1 Å². The molecule has 1 heterocycles. The maximum atomic E-state index is 13.4. The molecule has 1 unspecified atom stereocenters. The fraction of sp³-hybridized carbons (Fsp3) is 0.414. The Hall–Kier alpha value is -3.61. The molecule has 7 nitrogen and oxygen atoms in total. The van der Waals surface area contributed by atoms with Crippen LogP contribution in [0.1, 0.15) is 43.7 Å². The van der Waals surface area contributed by atoms with Gasteiger partial charge >= 0.3 is 0 Å². The van der Waals surface area contributed by atoms with E-state index >= 15 is 0 Å². The summed E-state index contributed by atoms with van der Waals surface area (Å²) in [6.07, 6.45) is 3.15. The number of aryl methyl sites for hydroxylation is 1. The normalized spacial score (nSPS) is 15.6. The van der Waals surface area contributed by atoms with Crippen LogP contribution >= 0.6 is 0 Å². The second-order valence-corrected chi connectivity index (χ2v) is 9.43. The van der Waals surface area contributed by atoms with E-state index in [1.165, 1.54) is 10.5 Å². The van der Waals surface area contributed by atoms with Crippen molar-refractivity contribution in [2.24, 2.45) is 5.92 Å². The van der Waals surface area contributed by atoms with Crippen LogP contribution < -0.4 is 10.1 Å². The number of rotatable bonds is 11. The van der Waals surface area contributed by atoms with Crippen LogP contribution in [-0.4, -0.2) is 55.3 Å². The molecular formula is C29H37N3O4. The van der Waals surface area contributed by atoms with E-state index in [0.717, 1.165) is 30.6 Å². The highest BCUT2D eigenvalue weighted by Gasteiger charge is 2.36. The molecule has 0 fully saturated rings. The summed E-state index contributed by atoms with van der Waals surface area (Å²) in [6, 6.07) is 17.8. The third-order valence-electron chi connectivity index (χ3n) is 6.56. The van der Waals surface area contributed by atoms with Crippen LogP contribution in [0.25, 0.3) is 0 Å². The Morgan fingerprint density at radius 1 is 1.03 bits per heavy atom. The molecule has 2 aromatic carbocycles. The van der Waals surface area contributed by atoms with Gasteiger partial charge < -0.3 is 19.9 Å². The van der Waals surface area contributed by atoms with Gasteiger partial charge in [-0.3, -0.25) is 14.4 Å². The van der Waals surface area contributed by atoms with Gasteiger partial charge in [0, 0.05) is 38.3 Å². The van der Waals surface area contributed by atoms with Crippen LogP contribution in [0.15, 0.2) is 65.9 Å². The number of carbonyl (C=O) groups excluding carboxylic acids is 3. The second-order valence-electron chi connectivity index (χ2n) is 9.43. The quantitative estimate of drug-likeness (QED) is 0.483. The molecule has 0 aromatic heterocycles. The van der Waals surface area contributed by atoms with Gasteiger partial charge in [-0.15, -0.1) is 0 Å². The molecule has 3 rings (SSSR count). The number of hydrogen-bond donors (Lipinski definition) is 1. The monoisotopic (exact) mass is 491 g/mol. The number of likely N-dealkylation sites (N-methyl/N-ethyl adjacent to an activating group) is 1. The van der Waals surface area contributed by atoms with Crippen LogP contribution in [0.2, 0.25) is 0 Å². The molecule has 0 spiro atoms. The molecule has 0 bridgehead atoms. The highest BCUT2D eigenvalue weighted by atomic mass is 16.5. The summed E-state index contributed by atoms with van der Waals surface area (Å²) in [4.78, 5) is 42.2. The highest BCUT2D eigenvalue weighted by molar-refractivity contribution is 5.98. The van der Waals surface area contributed by atoms with Gasteiger partial charge in [0.05, 0.1) is 19.6 Å². The van der Waals surface area contributed by atoms with Crippen LogP contribution in [0.3, 0.4) is 0 Å². The highest BCUT2D eigenvalue weighted by Crippen LogP contribution is 2.32. The number of carbonyl (C=O) groups is 3. The minimum Gasteiger partial charge on any atom is -0.497 e. The van der Waals surface area contributed by atoms with Crippen molar-refractivity contribution in [3.8, 4) is 5.75 Å². The van der Waals surface area contributed by atoms with E-state index in [2.05, 4.69) is 17.4 Å². The van der Waals surface area contributed by atoms with Gasteiger partial charge in [0.2, 0.25) is 11.8 Å². The van der Waals surface area contributed by atoms with Crippen molar-refractivity contribution in [2.75, 3.05) is 27.7 Å². The molecule has 1 aliphatic heterocycles. The number of hydrogen-bond acceptors (Lipinski definition) is 4. The minimum absolute atomic E-state index is 0.0636. The zero-order valence-corrected chi connectivity index (χ0v) is 21.8. The topological polar surface area (TPSA) is 79.0 Å². The lowest BCUT2D eigenvalue weighted by atomic mass is 9.88. The van der Waals surface area contributed by atoms with Crippen molar-refractivity contribution in [3.63, 3.8) is 0 Å². The molecule has 0 aliphatic carbocycles. The first-order chi connectivity index (χ1) is 17.3. The van der Waals surface area contributed by atoms with Crippen molar-refractivity contribution < 1.29 is 19.1 Å². The summed E-state index contributed by atoms with van der Waals surface area (Å²) in [5.74, 6) is -0.259. The second kappa shape index (κ2) is 12.9. The Bertz CT molecular complexity index is 1080. The van der Waals surface area contributed by atoms with E-state index in [1.807, 2.05) is 42.5 Å². The zero-order chi connectivity index (χ0) is 26.1. The standard InChI is InChI=1S/C29H37N3O4/c1-21-26(29(35)31(2)3)18-24(28(34)32(21)20-23-13-15-25(36-4)16-14-23)19-27(33)30-17-9-8-12-22-10-6-5-7-11-22/h5-7,10-11,13-16,24H,8-9,12,17-20H2,1-4H3,(H,30,33). The first-order valence-electron chi connectivity index (χ1n) is 12.5. The van der Waals surface area contributed by atoms with E-state index in [1.54, 1.807) is 33.0 Å². The first kappa shape index (κ1) is 27.0. The molecule has 0 saturated carbocycles. The summed E-state index contributed by atoms with van der Waals surface area (Å²) in [6.45, 7) is 2.71. The predicted octanol–water partition coefficient (Wildman–Crippen LogP) is 3.94. The van der Waals surface area contributed by atoms with Gasteiger partial charge in [-0.05, 0) is 55.9 Å². The lowest BCUT2D eigenvalue weighted by molar-refractivity contribution is -0.139. The number of unbranched alkanes of at least 4 members (excludes halogenated alkanes) is 1. The number of benzene rings is 2. The Kier molecular flexibility index (Phi) is 9.68. The maximum absolute atomic E-state index is 13.4. The summed E-state index contributed by atoms with van der Waals surface area (Å²) in [5, 5.41) is 2.96. The lowest BCUT2D eigenvalue weighted by Gasteiger charge is -2.35. The SMILES string of the molecule is COc1ccc(CN2C(=O)C(CC(=O)NCCCCc3ccccc3)CC(C(=O)N(C)C)=C2C)cc1.